The molecule has 7 heteroatoms. The molecule has 0 fully saturated rings. The molecule has 1 aromatic heterocycles. The highest BCUT2D eigenvalue weighted by atomic mass is 32.1. The van der Waals surface area contributed by atoms with Crippen LogP contribution in [0.1, 0.15) is 34.8 Å². The van der Waals surface area contributed by atoms with E-state index in [0.29, 0.717) is 17.9 Å². The second-order valence-corrected chi connectivity index (χ2v) is 4.91. The summed E-state index contributed by atoms with van der Waals surface area (Å²) in [4.78, 5) is 12.6. The highest BCUT2D eigenvalue weighted by Gasteiger charge is 2.21. The van der Waals surface area contributed by atoms with Gasteiger partial charge in [-0.05, 0) is 13.1 Å². The second-order valence-electron chi connectivity index (χ2n) is 3.82. The van der Waals surface area contributed by atoms with Crippen molar-refractivity contribution in [2.75, 3.05) is 26.2 Å². The molecule has 0 spiro atoms. The fraction of sp³-hybridized carbons (Fsp3) is 0.583. The molecular formula is C12H17F2NO3S. The van der Waals surface area contributed by atoms with Gasteiger partial charge in [-0.15, -0.1) is 11.3 Å². The average molecular weight is 293 g/mol. The van der Waals surface area contributed by atoms with E-state index in [2.05, 4.69) is 4.90 Å². The van der Waals surface area contributed by atoms with Crippen LogP contribution in [0.15, 0.2) is 6.07 Å². The Labute approximate surface area is 114 Å². The van der Waals surface area contributed by atoms with Gasteiger partial charge in [-0.3, -0.25) is 0 Å². The van der Waals surface area contributed by atoms with Gasteiger partial charge in [0.15, 0.2) is 4.88 Å². The van der Waals surface area contributed by atoms with Gasteiger partial charge >= 0.3 is 5.97 Å². The van der Waals surface area contributed by atoms with E-state index in [1.54, 1.807) is 0 Å². The maximum atomic E-state index is 12.5. The predicted octanol–water partition coefficient (Wildman–Crippen LogP) is 3.10. The Morgan fingerprint density at radius 1 is 1.47 bits per heavy atom. The van der Waals surface area contributed by atoms with Gasteiger partial charge in [-0.2, -0.15) is 0 Å². The van der Waals surface area contributed by atoms with Gasteiger partial charge in [0.05, 0.1) is 4.88 Å². The van der Waals surface area contributed by atoms with E-state index in [4.69, 9.17) is 9.84 Å². The van der Waals surface area contributed by atoms with Crippen LogP contribution in [-0.4, -0.2) is 42.2 Å². The second kappa shape index (κ2) is 7.40. The number of carbonyl (C=O) groups is 1. The molecule has 0 saturated heterocycles. The van der Waals surface area contributed by atoms with Gasteiger partial charge in [-0.25, -0.2) is 13.6 Å². The van der Waals surface area contributed by atoms with Crippen LogP contribution in [0.3, 0.4) is 0 Å². The van der Waals surface area contributed by atoms with Crippen LogP contribution in [0.25, 0.3) is 0 Å². The summed E-state index contributed by atoms with van der Waals surface area (Å²) < 4.78 is 30.4. The predicted molar refractivity (Wildman–Crippen MR) is 69.5 cm³/mol. The maximum Gasteiger partial charge on any atom is 0.349 e. The van der Waals surface area contributed by atoms with E-state index in [9.17, 15) is 13.6 Å². The number of carboxylic acids is 1. The van der Waals surface area contributed by atoms with E-state index in [1.165, 1.54) is 0 Å². The highest BCUT2D eigenvalue weighted by Crippen LogP contribution is 2.35. The van der Waals surface area contributed by atoms with Gasteiger partial charge in [0.1, 0.15) is 12.4 Å². The lowest BCUT2D eigenvalue weighted by Gasteiger charge is -2.17. The van der Waals surface area contributed by atoms with Crippen molar-refractivity contribution < 1.29 is 23.4 Å². The first-order valence-corrected chi connectivity index (χ1v) is 6.81. The summed E-state index contributed by atoms with van der Waals surface area (Å²) in [5.74, 6) is -1.21. The Balaban J connectivity index is 2.68. The molecule has 0 unspecified atom stereocenters. The number of thiophene rings is 1. The van der Waals surface area contributed by atoms with E-state index in [1.807, 2.05) is 13.8 Å². The topological polar surface area (TPSA) is 49.8 Å². The van der Waals surface area contributed by atoms with Crippen LogP contribution in [-0.2, 0) is 0 Å². The van der Waals surface area contributed by atoms with Gasteiger partial charge < -0.3 is 14.7 Å². The Bertz CT molecular complexity index is 419. The SMILES string of the molecule is CCN(CC)CCOc1cc(C(F)F)sc1C(=O)O. The minimum Gasteiger partial charge on any atom is -0.490 e. The number of carboxylic acid groups (broad SMARTS) is 1. The van der Waals surface area contributed by atoms with Crippen molar-refractivity contribution in [3.63, 3.8) is 0 Å². The van der Waals surface area contributed by atoms with Crippen LogP contribution in [0.2, 0.25) is 0 Å². The normalized spacial score (nSPS) is 11.3. The third-order valence-electron chi connectivity index (χ3n) is 2.69. The van der Waals surface area contributed by atoms with Crippen molar-refractivity contribution in [1.29, 1.82) is 0 Å². The first-order chi connectivity index (χ1) is 8.99. The quantitative estimate of drug-likeness (QED) is 0.800. The molecule has 0 amide bonds. The summed E-state index contributed by atoms with van der Waals surface area (Å²) in [6.45, 7) is 6.64. The van der Waals surface area contributed by atoms with Crippen molar-refractivity contribution in [3.05, 3.63) is 15.8 Å². The summed E-state index contributed by atoms with van der Waals surface area (Å²) in [7, 11) is 0. The van der Waals surface area contributed by atoms with E-state index in [-0.39, 0.29) is 22.1 Å². The molecule has 0 aliphatic heterocycles. The molecule has 0 bridgehead atoms. The van der Waals surface area contributed by atoms with Crippen molar-refractivity contribution in [1.82, 2.24) is 4.90 Å². The van der Waals surface area contributed by atoms with Gasteiger partial charge in [0.25, 0.3) is 6.43 Å². The fourth-order valence-electron chi connectivity index (χ4n) is 1.58. The molecule has 4 nitrogen and oxygen atoms in total. The van der Waals surface area contributed by atoms with E-state index < -0.39 is 12.4 Å². The van der Waals surface area contributed by atoms with Gasteiger partial charge in [0.2, 0.25) is 0 Å². The third-order valence-corrected chi connectivity index (χ3v) is 3.80. The summed E-state index contributed by atoms with van der Waals surface area (Å²) in [5.41, 5.74) is 0. The third kappa shape index (κ3) is 4.43. The minimum absolute atomic E-state index is 0.0277. The Kier molecular flexibility index (Phi) is 6.17. The molecule has 1 aromatic rings. The Morgan fingerprint density at radius 2 is 2.11 bits per heavy atom. The highest BCUT2D eigenvalue weighted by molar-refractivity contribution is 7.14. The molecule has 0 radical (unpaired) electrons. The summed E-state index contributed by atoms with van der Waals surface area (Å²) in [6, 6.07) is 1.11. The molecule has 108 valence electrons. The smallest absolute Gasteiger partial charge is 0.349 e. The number of alkyl halides is 2. The van der Waals surface area contributed by atoms with Crippen LogP contribution >= 0.6 is 11.3 Å². The summed E-state index contributed by atoms with van der Waals surface area (Å²) in [5, 5.41) is 8.94. The standard InChI is InChI=1S/C12H17F2NO3S/c1-3-15(4-2)5-6-18-8-7-9(11(13)14)19-10(8)12(16)17/h7,11H,3-6H2,1-2H3,(H,16,17). The lowest BCUT2D eigenvalue weighted by molar-refractivity contribution is 0.0697. The summed E-state index contributed by atoms with van der Waals surface area (Å²) in [6.07, 6.45) is -2.68. The molecule has 1 rings (SSSR count). The molecule has 0 aromatic carbocycles. The maximum absolute atomic E-state index is 12.5. The molecule has 19 heavy (non-hydrogen) atoms. The summed E-state index contributed by atoms with van der Waals surface area (Å²) >= 11 is 0.558. The Morgan fingerprint density at radius 3 is 2.58 bits per heavy atom. The van der Waals surface area contributed by atoms with Crippen molar-refractivity contribution >= 4 is 17.3 Å². The van der Waals surface area contributed by atoms with Crippen molar-refractivity contribution in [2.45, 2.75) is 20.3 Å². The molecule has 0 aliphatic rings. The molecule has 0 saturated carbocycles. The van der Waals surface area contributed by atoms with E-state index >= 15 is 0 Å². The number of rotatable bonds is 8. The first kappa shape index (κ1) is 15.8. The molecule has 1 N–H and O–H groups in total. The molecule has 1 heterocycles. The van der Waals surface area contributed by atoms with Crippen LogP contribution in [0, 0.1) is 0 Å². The molecule has 0 aliphatic carbocycles. The van der Waals surface area contributed by atoms with Crippen LogP contribution in [0.4, 0.5) is 8.78 Å². The zero-order valence-corrected chi connectivity index (χ0v) is 11.7. The molecule has 0 atom stereocenters. The number of halogens is 2. The zero-order valence-electron chi connectivity index (χ0n) is 10.9. The number of nitrogens with zero attached hydrogens (tertiary/aromatic N) is 1. The first-order valence-electron chi connectivity index (χ1n) is 5.99. The number of ether oxygens (including phenoxy) is 1. The van der Waals surface area contributed by atoms with E-state index in [0.717, 1.165) is 19.2 Å². The fourth-order valence-corrected chi connectivity index (χ4v) is 2.38. The van der Waals surface area contributed by atoms with Crippen molar-refractivity contribution in [2.24, 2.45) is 0 Å². The number of likely N-dealkylation sites (N-methyl/N-ethyl adjacent to an activating group) is 1. The molecular weight excluding hydrogens is 276 g/mol. The number of hydrogen-bond donors (Lipinski definition) is 1. The number of aromatic carboxylic acids is 1. The zero-order chi connectivity index (χ0) is 14.4. The van der Waals surface area contributed by atoms with Gasteiger partial charge in [-0.1, -0.05) is 13.8 Å². The lowest BCUT2D eigenvalue weighted by atomic mass is 10.4. The van der Waals surface area contributed by atoms with Crippen molar-refractivity contribution in [3.8, 4) is 5.75 Å². The monoisotopic (exact) mass is 293 g/mol. The van der Waals surface area contributed by atoms with Crippen LogP contribution in [0.5, 0.6) is 5.75 Å². The largest absolute Gasteiger partial charge is 0.490 e. The Hall–Kier alpha value is -1.21. The van der Waals surface area contributed by atoms with Gasteiger partial charge in [0, 0.05) is 12.6 Å². The minimum atomic E-state index is -2.68. The van der Waals surface area contributed by atoms with Crippen LogP contribution < -0.4 is 4.74 Å². The lowest BCUT2D eigenvalue weighted by Crippen LogP contribution is -2.28. The average Bonchev–Trinajstić information content (AvgIpc) is 2.79. The number of hydrogen-bond acceptors (Lipinski definition) is 4.